The Bertz CT molecular complexity index is 438. The number of amides is 1. The van der Waals surface area contributed by atoms with Crippen LogP contribution in [0.3, 0.4) is 0 Å². The molecule has 100 valence electrons. The molecule has 0 aromatic heterocycles. The smallest absolute Gasteiger partial charge is 0.261 e. The summed E-state index contributed by atoms with van der Waals surface area (Å²) in [7, 11) is 0. The molecule has 0 aliphatic heterocycles. The van der Waals surface area contributed by atoms with Gasteiger partial charge in [0.15, 0.2) is 6.10 Å². The van der Waals surface area contributed by atoms with Gasteiger partial charge in [-0.1, -0.05) is 11.6 Å². The number of ether oxygens (including phenoxy) is 1. The molecule has 0 radical (unpaired) electrons. The van der Waals surface area contributed by atoms with Gasteiger partial charge in [-0.2, -0.15) is 0 Å². The number of nitrogens with one attached hydrogen (secondary N) is 1. The van der Waals surface area contributed by atoms with Crippen molar-refractivity contribution in [2.45, 2.75) is 46.3 Å². The van der Waals surface area contributed by atoms with Gasteiger partial charge in [0.1, 0.15) is 5.75 Å². The van der Waals surface area contributed by atoms with E-state index in [1.165, 1.54) is 0 Å². The molecule has 0 unspecified atom stereocenters. The van der Waals surface area contributed by atoms with E-state index in [2.05, 4.69) is 5.32 Å². The van der Waals surface area contributed by atoms with Crippen LogP contribution >= 0.6 is 11.6 Å². The van der Waals surface area contributed by atoms with Gasteiger partial charge < -0.3 is 10.1 Å². The predicted octanol–water partition coefficient (Wildman–Crippen LogP) is 3.33. The highest BCUT2D eigenvalue weighted by molar-refractivity contribution is 6.30. The Morgan fingerprint density at radius 2 is 2.00 bits per heavy atom. The third-order valence-electron chi connectivity index (χ3n) is 2.31. The summed E-state index contributed by atoms with van der Waals surface area (Å²) < 4.78 is 5.64. The number of hydrogen-bond donors (Lipinski definition) is 1. The summed E-state index contributed by atoms with van der Waals surface area (Å²) >= 11 is 5.87. The zero-order chi connectivity index (χ0) is 13.9. The van der Waals surface area contributed by atoms with Crippen LogP contribution in [-0.2, 0) is 4.79 Å². The fraction of sp³-hybridized carbons (Fsp3) is 0.500. The third kappa shape index (κ3) is 4.57. The molecule has 3 nitrogen and oxygen atoms in total. The molecule has 0 aliphatic carbocycles. The van der Waals surface area contributed by atoms with Crippen molar-refractivity contribution >= 4 is 17.5 Å². The topological polar surface area (TPSA) is 38.3 Å². The van der Waals surface area contributed by atoms with Crippen LogP contribution in [0.1, 0.15) is 33.3 Å². The van der Waals surface area contributed by atoms with E-state index in [-0.39, 0.29) is 11.4 Å². The van der Waals surface area contributed by atoms with Gasteiger partial charge >= 0.3 is 0 Å². The van der Waals surface area contributed by atoms with Gasteiger partial charge in [0.2, 0.25) is 0 Å². The van der Waals surface area contributed by atoms with Gasteiger partial charge in [0.05, 0.1) is 0 Å². The molecule has 0 saturated carbocycles. The van der Waals surface area contributed by atoms with E-state index in [9.17, 15) is 4.79 Å². The largest absolute Gasteiger partial charge is 0.481 e. The Labute approximate surface area is 113 Å². The highest BCUT2D eigenvalue weighted by Gasteiger charge is 2.20. The Balaban J connectivity index is 2.69. The summed E-state index contributed by atoms with van der Waals surface area (Å²) in [5.74, 6) is 0.549. The molecule has 18 heavy (non-hydrogen) atoms. The van der Waals surface area contributed by atoms with Crippen molar-refractivity contribution in [3.8, 4) is 5.75 Å². The van der Waals surface area contributed by atoms with Crippen LogP contribution in [0.15, 0.2) is 18.2 Å². The first-order valence-corrected chi connectivity index (χ1v) is 6.31. The summed E-state index contributed by atoms with van der Waals surface area (Å²) in [6.45, 7) is 9.44. The summed E-state index contributed by atoms with van der Waals surface area (Å²) in [4.78, 5) is 11.9. The monoisotopic (exact) mass is 269 g/mol. The number of benzene rings is 1. The first-order valence-electron chi connectivity index (χ1n) is 5.94. The van der Waals surface area contributed by atoms with Crippen molar-refractivity contribution in [2.75, 3.05) is 0 Å². The molecular weight excluding hydrogens is 250 g/mol. The SMILES string of the molecule is Cc1cc(Cl)ccc1O[C@H](C)C(=O)NC(C)(C)C. The van der Waals surface area contributed by atoms with Crippen LogP contribution in [0.25, 0.3) is 0 Å². The maximum Gasteiger partial charge on any atom is 0.261 e. The molecule has 0 saturated heterocycles. The molecule has 0 heterocycles. The van der Waals surface area contributed by atoms with E-state index in [4.69, 9.17) is 16.3 Å². The van der Waals surface area contributed by atoms with Crippen molar-refractivity contribution < 1.29 is 9.53 Å². The van der Waals surface area contributed by atoms with Crippen molar-refractivity contribution in [2.24, 2.45) is 0 Å². The second kappa shape index (κ2) is 5.61. The molecule has 0 spiro atoms. The number of aryl methyl sites for hydroxylation is 1. The summed E-state index contributed by atoms with van der Waals surface area (Å²) in [5.41, 5.74) is 0.655. The first kappa shape index (κ1) is 14.8. The van der Waals surface area contributed by atoms with E-state index >= 15 is 0 Å². The molecule has 0 fully saturated rings. The summed E-state index contributed by atoms with van der Waals surface area (Å²) in [5, 5.41) is 3.54. The maximum absolute atomic E-state index is 11.9. The standard InChI is InChI=1S/C14H20ClNO2/c1-9-8-11(15)6-7-12(9)18-10(2)13(17)16-14(3,4)5/h6-8,10H,1-5H3,(H,16,17)/t10-/m1/s1. The van der Waals surface area contributed by atoms with E-state index in [1.807, 2.05) is 33.8 Å². The van der Waals surface area contributed by atoms with Gasteiger partial charge in [-0.3, -0.25) is 4.79 Å². The zero-order valence-corrected chi connectivity index (χ0v) is 12.3. The minimum absolute atomic E-state index is 0.128. The second-order valence-corrected chi connectivity index (χ2v) is 5.85. The molecule has 1 atom stereocenters. The van der Waals surface area contributed by atoms with Gasteiger partial charge in [-0.05, 0) is 58.4 Å². The molecule has 1 N–H and O–H groups in total. The lowest BCUT2D eigenvalue weighted by atomic mass is 10.1. The molecule has 0 bridgehead atoms. The summed E-state index contributed by atoms with van der Waals surface area (Å²) in [6, 6.07) is 5.34. The number of carbonyl (C=O) groups excluding carboxylic acids is 1. The fourth-order valence-electron chi connectivity index (χ4n) is 1.46. The molecule has 1 aromatic rings. The van der Waals surface area contributed by atoms with E-state index in [0.717, 1.165) is 5.56 Å². The van der Waals surface area contributed by atoms with Gasteiger partial charge in [0, 0.05) is 10.6 Å². The van der Waals surface area contributed by atoms with Gasteiger partial charge in [-0.15, -0.1) is 0 Å². The second-order valence-electron chi connectivity index (χ2n) is 5.41. The quantitative estimate of drug-likeness (QED) is 0.914. The molecule has 1 amide bonds. The van der Waals surface area contributed by atoms with E-state index < -0.39 is 6.10 Å². The fourth-order valence-corrected chi connectivity index (χ4v) is 1.69. The zero-order valence-electron chi connectivity index (χ0n) is 11.5. The van der Waals surface area contributed by atoms with Crippen molar-refractivity contribution in [3.05, 3.63) is 28.8 Å². The first-order chi connectivity index (χ1) is 8.19. The lowest BCUT2D eigenvalue weighted by Gasteiger charge is -2.24. The Morgan fingerprint density at radius 3 is 2.50 bits per heavy atom. The predicted molar refractivity (Wildman–Crippen MR) is 74.2 cm³/mol. The Kier molecular flexibility index (Phi) is 4.63. The lowest BCUT2D eigenvalue weighted by molar-refractivity contribution is -0.128. The van der Waals surface area contributed by atoms with Crippen molar-refractivity contribution in [3.63, 3.8) is 0 Å². The Morgan fingerprint density at radius 1 is 1.39 bits per heavy atom. The van der Waals surface area contributed by atoms with Crippen LogP contribution in [-0.4, -0.2) is 17.6 Å². The molecule has 1 aromatic carbocycles. The van der Waals surface area contributed by atoms with Crippen molar-refractivity contribution in [1.29, 1.82) is 0 Å². The number of hydrogen-bond acceptors (Lipinski definition) is 2. The maximum atomic E-state index is 11.9. The lowest BCUT2D eigenvalue weighted by Crippen LogP contribution is -2.46. The third-order valence-corrected chi connectivity index (χ3v) is 2.54. The molecular formula is C14H20ClNO2. The van der Waals surface area contributed by atoms with Crippen LogP contribution in [0, 0.1) is 6.92 Å². The van der Waals surface area contributed by atoms with Crippen LogP contribution in [0.4, 0.5) is 0 Å². The average Bonchev–Trinajstić information content (AvgIpc) is 2.19. The minimum atomic E-state index is -0.538. The number of carbonyl (C=O) groups is 1. The highest BCUT2D eigenvalue weighted by atomic mass is 35.5. The van der Waals surface area contributed by atoms with Gasteiger partial charge in [0.25, 0.3) is 5.91 Å². The van der Waals surface area contributed by atoms with Gasteiger partial charge in [-0.25, -0.2) is 0 Å². The van der Waals surface area contributed by atoms with E-state index in [0.29, 0.717) is 10.8 Å². The van der Waals surface area contributed by atoms with Crippen molar-refractivity contribution in [1.82, 2.24) is 5.32 Å². The Hall–Kier alpha value is -1.22. The molecule has 4 heteroatoms. The molecule has 1 rings (SSSR count). The number of rotatable bonds is 3. The number of halogens is 1. The highest BCUT2D eigenvalue weighted by Crippen LogP contribution is 2.22. The minimum Gasteiger partial charge on any atom is -0.481 e. The van der Waals surface area contributed by atoms with Crippen LogP contribution < -0.4 is 10.1 Å². The average molecular weight is 270 g/mol. The van der Waals surface area contributed by atoms with Crippen LogP contribution in [0.2, 0.25) is 5.02 Å². The van der Waals surface area contributed by atoms with E-state index in [1.54, 1.807) is 19.1 Å². The normalized spacial score (nSPS) is 13.0. The van der Waals surface area contributed by atoms with Crippen LogP contribution in [0.5, 0.6) is 5.75 Å². The summed E-state index contributed by atoms with van der Waals surface area (Å²) in [6.07, 6.45) is -0.538. The molecule has 0 aliphatic rings.